The number of rotatable bonds is 5. The number of nitrogens with zero attached hydrogens (tertiary/aromatic N) is 3. The molecule has 26 heavy (non-hydrogen) atoms. The monoisotopic (exact) mass is 350 g/mol. The number of aryl methyl sites for hydroxylation is 2. The Kier molecular flexibility index (Phi) is 4.79. The van der Waals surface area contributed by atoms with Crippen LogP contribution in [-0.2, 0) is 0 Å². The molecule has 0 saturated heterocycles. The van der Waals surface area contributed by atoms with Crippen molar-refractivity contribution in [3.8, 4) is 17.0 Å². The molecule has 2 aromatic carbocycles. The number of ether oxygens (including phenoxy) is 1. The Hall–Kier alpha value is -3.48. The molecule has 132 valence electrons. The SMILES string of the molecule is COc1ccc(-c2ccnc(Nc3cc(C)cc(C)c3)n2)cc1[N+](=O)[O-]. The van der Waals surface area contributed by atoms with E-state index in [0.717, 1.165) is 16.8 Å². The number of nitro groups is 1. The molecule has 0 fully saturated rings. The third-order valence-electron chi connectivity index (χ3n) is 3.80. The zero-order valence-electron chi connectivity index (χ0n) is 14.7. The highest BCUT2D eigenvalue weighted by Crippen LogP contribution is 2.31. The molecule has 0 bridgehead atoms. The Labute approximate surface area is 150 Å². The van der Waals surface area contributed by atoms with Crippen LogP contribution in [0.2, 0.25) is 0 Å². The Bertz CT molecular complexity index is 952. The van der Waals surface area contributed by atoms with Crippen LogP contribution in [0.1, 0.15) is 11.1 Å². The lowest BCUT2D eigenvalue weighted by Gasteiger charge is -2.09. The fraction of sp³-hybridized carbons (Fsp3) is 0.158. The highest BCUT2D eigenvalue weighted by atomic mass is 16.6. The quantitative estimate of drug-likeness (QED) is 0.541. The van der Waals surface area contributed by atoms with E-state index in [2.05, 4.69) is 21.4 Å². The van der Waals surface area contributed by atoms with Crippen LogP contribution in [0.25, 0.3) is 11.3 Å². The number of hydrogen-bond donors (Lipinski definition) is 1. The van der Waals surface area contributed by atoms with Gasteiger partial charge in [0.05, 0.1) is 17.7 Å². The molecule has 0 radical (unpaired) electrons. The first-order valence-corrected chi connectivity index (χ1v) is 7.97. The molecule has 0 amide bonds. The van der Waals surface area contributed by atoms with Crippen LogP contribution in [0.5, 0.6) is 5.75 Å². The maximum Gasteiger partial charge on any atom is 0.311 e. The third-order valence-corrected chi connectivity index (χ3v) is 3.80. The van der Waals surface area contributed by atoms with Gasteiger partial charge in [0.2, 0.25) is 5.95 Å². The first-order valence-electron chi connectivity index (χ1n) is 7.97. The molecule has 0 aliphatic heterocycles. The molecule has 1 heterocycles. The van der Waals surface area contributed by atoms with Crippen molar-refractivity contribution in [1.29, 1.82) is 0 Å². The van der Waals surface area contributed by atoms with Gasteiger partial charge < -0.3 is 10.1 Å². The van der Waals surface area contributed by atoms with Crippen LogP contribution in [0.4, 0.5) is 17.3 Å². The summed E-state index contributed by atoms with van der Waals surface area (Å²) in [6.45, 7) is 4.04. The molecular formula is C19H18N4O3. The summed E-state index contributed by atoms with van der Waals surface area (Å²) in [7, 11) is 1.40. The van der Waals surface area contributed by atoms with Crippen LogP contribution in [-0.4, -0.2) is 22.0 Å². The molecule has 7 nitrogen and oxygen atoms in total. The summed E-state index contributed by atoms with van der Waals surface area (Å²) >= 11 is 0. The molecular weight excluding hydrogens is 332 g/mol. The number of nitro benzene ring substituents is 1. The van der Waals surface area contributed by atoms with Gasteiger partial charge in [-0.2, -0.15) is 0 Å². The lowest BCUT2D eigenvalue weighted by Crippen LogP contribution is -1.99. The van der Waals surface area contributed by atoms with E-state index in [1.807, 2.05) is 26.0 Å². The molecule has 0 saturated carbocycles. The number of hydrogen-bond acceptors (Lipinski definition) is 6. The molecule has 0 spiro atoms. The van der Waals surface area contributed by atoms with Gasteiger partial charge in [-0.25, -0.2) is 9.97 Å². The average molecular weight is 350 g/mol. The van der Waals surface area contributed by atoms with Crippen molar-refractivity contribution >= 4 is 17.3 Å². The van der Waals surface area contributed by atoms with E-state index in [4.69, 9.17) is 4.74 Å². The second-order valence-corrected chi connectivity index (χ2v) is 5.91. The van der Waals surface area contributed by atoms with Crippen molar-refractivity contribution in [3.63, 3.8) is 0 Å². The third kappa shape index (κ3) is 3.77. The lowest BCUT2D eigenvalue weighted by atomic mass is 10.1. The Morgan fingerprint density at radius 3 is 2.46 bits per heavy atom. The van der Waals surface area contributed by atoms with Crippen molar-refractivity contribution in [3.05, 3.63) is 69.9 Å². The minimum absolute atomic E-state index is 0.104. The van der Waals surface area contributed by atoms with Gasteiger partial charge in [0.25, 0.3) is 0 Å². The molecule has 3 aromatic rings. The van der Waals surface area contributed by atoms with Gasteiger partial charge in [-0.1, -0.05) is 6.07 Å². The van der Waals surface area contributed by atoms with E-state index in [1.54, 1.807) is 24.4 Å². The van der Waals surface area contributed by atoms with Crippen molar-refractivity contribution in [2.75, 3.05) is 12.4 Å². The van der Waals surface area contributed by atoms with E-state index in [1.165, 1.54) is 13.2 Å². The minimum atomic E-state index is -0.474. The molecule has 0 aliphatic carbocycles. The molecule has 1 N–H and O–H groups in total. The van der Waals surface area contributed by atoms with Crippen molar-refractivity contribution < 1.29 is 9.66 Å². The summed E-state index contributed by atoms with van der Waals surface area (Å²) in [5, 5.41) is 14.4. The van der Waals surface area contributed by atoms with Crippen LogP contribution >= 0.6 is 0 Å². The summed E-state index contributed by atoms with van der Waals surface area (Å²) in [6, 6.07) is 12.5. The van der Waals surface area contributed by atoms with Gasteiger partial charge >= 0.3 is 5.69 Å². The second kappa shape index (κ2) is 7.18. The summed E-state index contributed by atoms with van der Waals surface area (Å²) in [4.78, 5) is 19.4. The Morgan fingerprint density at radius 2 is 1.81 bits per heavy atom. The van der Waals surface area contributed by atoms with Gasteiger partial charge in [-0.05, 0) is 55.3 Å². The minimum Gasteiger partial charge on any atom is -0.490 e. The lowest BCUT2D eigenvalue weighted by molar-refractivity contribution is -0.385. The number of methoxy groups -OCH3 is 1. The zero-order chi connectivity index (χ0) is 18.7. The van der Waals surface area contributed by atoms with E-state index in [9.17, 15) is 10.1 Å². The van der Waals surface area contributed by atoms with Crippen LogP contribution in [0.15, 0.2) is 48.7 Å². The first kappa shape index (κ1) is 17.3. The summed E-state index contributed by atoms with van der Waals surface area (Å²) < 4.78 is 5.04. The van der Waals surface area contributed by atoms with Crippen molar-refractivity contribution in [2.45, 2.75) is 13.8 Å². The van der Waals surface area contributed by atoms with E-state index in [-0.39, 0.29) is 11.4 Å². The second-order valence-electron chi connectivity index (χ2n) is 5.91. The topological polar surface area (TPSA) is 90.2 Å². The van der Waals surface area contributed by atoms with Crippen LogP contribution in [0.3, 0.4) is 0 Å². The Morgan fingerprint density at radius 1 is 1.08 bits per heavy atom. The fourth-order valence-electron chi connectivity index (χ4n) is 2.75. The number of benzene rings is 2. The maximum atomic E-state index is 11.2. The van der Waals surface area contributed by atoms with E-state index in [0.29, 0.717) is 17.2 Å². The summed E-state index contributed by atoms with van der Waals surface area (Å²) in [5.74, 6) is 0.632. The molecule has 3 rings (SSSR count). The van der Waals surface area contributed by atoms with Gasteiger partial charge in [0, 0.05) is 23.5 Å². The van der Waals surface area contributed by atoms with Gasteiger partial charge in [0.1, 0.15) is 0 Å². The predicted octanol–water partition coefficient (Wildman–Crippen LogP) is 4.42. The Balaban J connectivity index is 1.94. The average Bonchev–Trinajstić information content (AvgIpc) is 2.60. The molecule has 0 aliphatic rings. The highest BCUT2D eigenvalue weighted by Gasteiger charge is 2.16. The van der Waals surface area contributed by atoms with Crippen LogP contribution in [0, 0.1) is 24.0 Å². The smallest absolute Gasteiger partial charge is 0.311 e. The molecule has 1 aromatic heterocycles. The fourth-order valence-corrected chi connectivity index (χ4v) is 2.75. The largest absolute Gasteiger partial charge is 0.490 e. The van der Waals surface area contributed by atoms with Gasteiger partial charge in [0.15, 0.2) is 5.75 Å². The number of aromatic nitrogens is 2. The molecule has 0 atom stereocenters. The standard InChI is InChI=1S/C19H18N4O3/c1-12-8-13(2)10-15(9-12)21-19-20-7-6-16(22-19)14-4-5-18(26-3)17(11-14)23(24)25/h4-11H,1-3H3,(H,20,21,22). The van der Waals surface area contributed by atoms with Gasteiger partial charge in [-0.3, -0.25) is 10.1 Å². The van der Waals surface area contributed by atoms with E-state index >= 15 is 0 Å². The summed E-state index contributed by atoms with van der Waals surface area (Å²) in [6.07, 6.45) is 1.61. The van der Waals surface area contributed by atoms with Crippen molar-refractivity contribution in [2.24, 2.45) is 0 Å². The van der Waals surface area contributed by atoms with Crippen molar-refractivity contribution in [1.82, 2.24) is 9.97 Å². The van der Waals surface area contributed by atoms with Crippen LogP contribution < -0.4 is 10.1 Å². The first-order chi connectivity index (χ1) is 12.5. The molecule has 0 unspecified atom stereocenters. The number of anilines is 2. The normalized spacial score (nSPS) is 10.4. The van der Waals surface area contributed by atoms with Gasteiger partial charge in [-0.15, -0.1) is 0 Å². The maximum absolute atomic E-state index is 11.2. The van der Waals surface area contributed by atoms with E-state index < -0.39 is 4.92 Å². The zero-order valence-corrected chi connectivity index (χ0v) is 14.7. The molecule has 7 heteroatoms. The predicted molar refractivity (Wildman–Crippen MR) is 99.9 cm³/mol. The highest BCUT2D eigenvalue weighted by molar-refractivity contribution is 5.67. The summed E-state index contributed by atoms with van der Waals surface area (Å²) in [5.41, 5.74) is 4.25. The number of nitrogens with one attached hydrogen (secondary N) is 1.